The van der Waals surface area contributed by atoms with Gasteiger partial charge in [-0.05, 0) is 30.3 Å². The Morgan fingerprint density at radius 1 is 1.16 bits per heavy atom. The van der Waals surface area contributed by atoms with Crippen molar-refractivity contribution in [2.24, 2.45) is 0 Å². The van der Waals surface area contributed by atoms with Crippen LogP contribution in [-0.4, -0.2) is 5.78 Å². The number of nitrogens with zero attached hydrogens (tertiary/aromatic N) is 1. The first-order valence-electron chi connectivity index (χ1n) is 5.27. The molecular formula is C14H7F2NO2. The largest absolute Gasteiger partial charge is 0.454 e. The van der Waals surface area contributed by atoms with E-state index in [0.717, 1.165) is 18.2 Å². The van der Waals surface area contributed by atoms with Crippen LogP contribution in [0, 0.1) is 23.0 Å². The van der Waals surface area contributed by atoms with Gasteiger partial charge >= 0.3 is 0 Å². The third-order valence-corrected chi connectivity index (χ3v) is 2.32. The molecule has 0 atom stereocenters. The van der Waals surface area contributed by atoms with Gasteiger partial charge in [-0.25, -0.2) is 8.78 Å². The smallest absolute Gasteiger partial charge is 0.262 e. The van der Waals surface area contributed by atoms with E-state index in [2.05, 4.69) is 0 Å². The second-order valence-corrected chi connectivity index (χ2v) is 3.65. The lowest BCUT2D eigenvalue weighted by atomic mass is 10.1. The lowest BCUT2D eigenvalue weighted by molar-refractivity contribution is 0.105. The summed E-state index contributed by atoms with van der Waals surface area (Å²) >= 11 is 0. The highest BCUT2D eigenvalue weighted by Crippen LogP contribution is 2.26. The molecule has 0 spiro atoms. The van der Waals surface area contributed by atoms with E-state index < -0.39 is 17.4 Å². The van der Waals surface area contributed by atoms with Gasteiger partial charge < -0.3 is 4.74 Å². The number of carbonyl (C=O) groups excluding carboxylic acids is 1. The van der Waals surface area contributed by atoms with Crippen molar-refractivity contribution in [1.29, 1.82) is 5.26 Å². The predicted molar refractivity (Wildman–Crippen MR) is 62.8 cm³/mol. The number of ketones is 1. The lowest BCUT2D eigenvalue weighted by Crippen LogP contribution is -1.97. The van der Waals surface area contributed by atoms with E-state index in [1.807, 2.05) is 0 Å². The van der Waals surface area contributed by atoms with E-state index in [-0.39, 0.29) is 17.1 Å². The van der Waals surface area contributed by atoms with Crippen LogP contribution in [0.5, 0.6) is 11.5 Å². The quantitative estimate of drug-likeness (QED) is 0.626. The van der Waals surface area contributed by atoms with Gasteiger partial charge in [0.15, 0.2) is 11.6 Å². The third-order valence-electron chi connectivity index (χ3n) is 2.32. The Morgan fingerprint density at radius 3 is 2.63 bits per heavy atom. The standard InChI is InChI=1S/C14H7F2NO2/c15-10-2-1-3-11(7-10)19-14-6-9(13(18)8-17)4-5-12(14)16/h1-7H. The highest BCUT2D eigenvalue weighted by atomic mass is 19.1. The average molecular weight is 259 g/mol. The van der Waals surface area contributed by atoms with Gasteiger partial charge in [0, 0.05) is 11.6 Å². The van der Waals surface area contributed by atoms with Gasteiger partial charge in [-0.1, -0.05) is 6.07 Å². The van der Waals surface area contributed by atoms with Gasteiger partial charge in [-0.3, -0.25) is 4.79 Å². The maximum Gasteiger partial charge on any atom is 0.262 e. The van der Waals surface area contributed by atoms with Crippen LogP contribution in [0.25, 0.3) is 0 Å². The summed E-state index contributed by atoms with van der Waals surface area (Å²) in [4.78, 5) is 11.2. The Labute approximate surface area is 107 Å². The number of rotatable bonds is 3. The minimum absolute atomic E-state index is 0.00954. The maximum atomic E-state index is 13.5. The Morgan fingerprint density at radius 2 is 1.95 bits per heavy atom. The van der Waals surface area contributed by atoms with Crippen LogP contribution >= 0.6 is 0 Å². The van der Waals surface area contributed by atoms with Crippen LogP contribution in [0.3, 0.4) is 0 Å². The molecule has 94 valence electrons. The minimum Gasteiger partial charge on any atom is -0.454 e. The highest BCUT2D eigenvalue weighted by molar-refractivity contribution is 6.07. The molecule has 0 aliphatic heterocycles. The number of halogens is 2. The molecule has 19 heavy (non-hydrogen) atoms. The number of nitriles is 1. The fourth-order valence-corrected chi connectivity index (χ4v) is 1.44. The monoisotopic (exact) mass is 259 g/mol. The summed E-state index contributed by atoms with van der Waals surface area (Å²) in [5.74, 6) is -2.18. The first kappa shape index (κ1) is 12.7. The topological polar surface area (TPSA) is 50.1 Å². The van der Waals surface area contributed by atoms with Crippen LogP contribution in [0.1, 0.15) is 10.4 Å². The Kier molecular flexibility index (Phi) is 3.53. The molecule has 2 rings (SSSR count). The second-order valence-electron chi connectivity index (χ2n) is 3.65. The first-order chi connectivity index (χ1) is 9.10. The van der Waals surface area contributed by atoms with Gasteiger partial charge in [0.2, 0.25) is 0 Å². The number of benzene rings is 2. The van der Waals surface area contributed by atoms with Crippen LogP contribution < -0.4 is 4.74 Å². The summed E-state index contributed by atoms with van der Waals surface area (Å²) in [7, 11) is 0. The van der Waals surface area contributed by atoms with Gasteiger partial charge in [0.1, 0.15) is 17.6 Å². The number of Topliss-reactive ketones (excluding diaryl/α,β-unsaturated/α-hetero) is 1. The summed E-state index contributed by atoms with van der Waals surface area (Å²) in [6.07, 6.45) is 0. The number of hydrogen-bond acceptors (Lipinski definition) is 3. The van der Waals surface area contributed by atoms with Gasteiger partial charge in [0.05, 0.1) is 0 Å². The van der Waals surface area contributed by atoms with Crippen molar-refractivity contribution in [3.63, 3.8) is 0 Å². The third kappa shape index (κ3) is 2.93. The van der Waals surface area contributed by atoms with Crippen molar-refractivity contribution >= 4 is 5.78 Å². The Balaban J connectivity index is 2.35. The summed E-state index contributed by atoms with van der Waals surface area (Å²) in [6, 6.07) is 9.88. The van der Waals surface area contributed by atoms with E-state index in [1.54, 1.807) is 0 Å². The summed E-state index contributed by atoms with van der Waals surface area (Å²) in [5.41, 5.74) is 0.00954. The number of hydrogen-bond donors (Lipinski definition) is 0. The van der Waals surface area contributed by atoms with E-state index >= 15 is 0 Å². The maximum absolute atomic E-state index is 13.5. The van der Waals surface area contributed by atoms with E-state index in [4.69, 9.17) is 10.00 Å². The van der Waals surface area contributed by atoms with Crippen molar-refractivity contribution in [3.8, 4) is 17.6 Å². The molecule has 0 bridgehead atoms. The molecule has 0 unspecified atom stereocenters. The molecular weight excluding hydrogens is 252 g/mol. The summed E-state index contributed by atoms with van der Waals surface area (Å²) in [5, 5.41) is 8.49. The van der Waals surface area contributed by atoms with Gasteiger partial charge in [-0.2, -0.15) is 5.26 Å². The molecule has 0 N–H and O–H groups in total. The summed E-state index contributed by atoms with van der Waals surface area (Å²) < 4.78 is 31.6. The molecule has 0 aliphatic carbocycles. The first-order valence-corrected chi connectivity index (χ1v) is 5.27. The van der Waals surface area contributed by atoms with Crippen molar-refractivity contribution in [2.75, 3.05) is 0 Å². The second kappa shape index (κ2) is 5.27. The van der Waals surface area contributed by atoms with Crippen molar-refractivity contribution < 1.29 is 18.3 Å². The molecule has 0 fully saturated rings. The molecule has 0 heterocycles. The normalized spacial score (nSPS) is 9.74. The summed E-state index contributed by atoms with van der Waals surface area (Å²) in [6.45, 7) is 0. The van der Waals surface area contributed by atoms with Crippen LogP contribution in [-0.2, 0) is 0 Å². The van der Waals surface area contributed by atoms with Crippen LogP contribution in [0.2, 0.25) is 0 Å². The highest BCUT2D eigenvalue weighted by Gasteiger charge is 2.11. The minimum atomic E-state index is -0.802. The van der Waals surface area contributed by atoms with Crippen LogP contribution in [0.15, 0.2) is 42.5 Å². The Hall–Kier alpha value is -2.74. The molecule has 0 saturated carbocycles. The van der Waals surface area contributed by atoms with Crippen molar-refractivity contribution in [3.05, 3.63) is 59.7 Å². The molecule has 0 aromatic heterocycles. The van der Waals surface area contributed by atoms with Gasteiger partial charge in [-0.15, -0.1) is 0 Å². The number of carbonyl (C=O) groups is 1. The zero-order valence-corrected chi connectivity index (χ0v) is 9.56. The SMILES string of the molecule is N#CC(=O)c1ccc(F)c(Oc2cccc(F)c2)c1. The van der Waals surface area contributed by atoms with Crippen molar-refractivity contribution in [2.45, 2.75) is 0 Å². The van der Waals surface area contributed by atoms with Gasteiger partial charge in [0.25, 0.3) is 5.78 Å². The molecule has 2 aromatic rings. The zero-order valence-electron chi connectivity index (χ0n) is 9.56. The molecule has 2 aromatic carbocycles. The van der Waals surface area contributed by atoms with E-state index in [1.165, 1.54) is 30.3 Å². The van der Waals surface area contributed by atoms with E-state index in [0.29, 0.717) is 0 Å². The predicted octanol–water partition coefficient (Wildman–Crippen LogP) is 3.46. The molecule has 0 radical (unpaired) electrons. The molecule has 0 amide bonds. The molecule has 3 nitrogen and oxygen atoms in total. The van der Waals surface area contributed by atoms with Crippen molar-refractivity contribution in [1.82, 2.24) is 0 Å². The number of ether oxygens (including phenoxy) is 1. The fraction of sp³-hybridized carbons (Fsp3) is 0. The molecule has 5 heteroatoms. The molecule has 0 saturated heterocycles. The molecule has 0 aliphatic rings. The van der Waals surface area contributed by atoms with E-state index in [9.17, 15) is 13.6 Å². The zero-order chi connectivity index (χ0) is 13.8. The Bertz CT molecular complexity index is 677. The lowest BCUT2D eigenvalue weighted by Gasteiger charge is -2.07. The van der Waals surface area contributed by atoms with Crippen LogP contribution in [0.4, 0.5) is 8.78 Å². The average Bonchev–Trinajstić information content (AvgIpc) is 2.40. The fourth-order valence-electron chi connectivity index (χ4n) is 1.44.